The fraction of sp³-hybridized carbons (Fsp3) is 0.200. The molecular formula is C15H14ClFN2O. The summed E-state index contributed by atoms with van der Waals surface area (Å²) in [7, 11) is 0. The summed E-state index contributed by atoms with van der Waals surface area (Å²) in [5.41, 5.74) is 5.09. The molecule has 2 aromatic carbocycles. The molecule has 0 saturated carbocycles. The molecule has 0 fully saturated rings. The number of hydrogen-bond acceptors (Lipinski definition) is 3. The lowest BCUT2D eigenvalue weighted by molar-refractivity contribution is 0.357. The summed E-state index contributed by atoms with van der Waals surface area (Å²) in [6, 6.07) is 10.2. The van der Waals surface area contributed by atoms with Gasteiger partial charge in [-0.3, -0.25) is 5.84 Å². The van der Waals surface area contributed by atoms with Gasteiger partial charge in [0.25, 0.3) is 0 Å². The van der Waals surface area contributed by atoms with Gasteiger partial charge in [-0.2, -0.15) is 0 Å². The first-order valence-corrected chi connectivity index (χ1v) is 6.74. The van der Waals surface area contributed by atoms with E-state index in [9.17, 15) is 4.39 Å². The SMILES string of the molecule is NNC(c1ccc2c(c1)CCO2)c1cccc(Cl)c1F. The average molecular weight is 293 g/mol. The third-order valence-electron chi connectivity index (χ3n) is 3.51. The predicted molar refractivity (Wildman–Crippen MR) is 76.2 cm³/mol. The molecule has 1 heterocycles. The Morgan fingerprint density at radius 2 is 2.15 bits per heavy atom. The molecule has 1 atom stereocenters. The molecule has 1 unspecified atom stereocenters. The third-order valence-corrected chi connectivity index (χ3v) is 3.80. The van der Waals surface area contributed by atoms with Gasteiger partial charge in [0.05, 0.1) is 17.7 Å². The molecule has 2 aromatic rings. The van der Waals surface area contributed by atoms with Crippen LogP contribution in [0.5, 0.6) is 5.75 Å². The Morgan fingerprint density at radius 1 is 1.30 bits per heavy atom. The van der Waals surface area contributed by atoms with Crippen molar-refractivity contribution < 1.29 is 9.13 Å². The minimum absolute atomic E-state index is 0.0900. The van der Waals surface area contributed by atoms with E-state index < -0.39 is 11.9 Å². The largest absolute Gasteiger partial charge is 0.493 e. The second kappa shape index (κ2) is 5.40. The molecule has 0 aromatic heterocycles. The van der Waals surface area contributed by atoms with Crippen molar-refractivity contribution in [1.29, 1.82) is 0 Å². The van der Waals surface area contributed by atoms with Crippen LogP contribution in [0.3, 0.4) is 0 Å². The highest BCUT2D eigenvalue weighted by Crippen LogP contribution is 2.32. The van der Waals surface area contributed by atoms with Gasteiger partial charge in [0.2, 0.25) is 0 Å². The molecule has 1 aliphatic rings. The van der Waals surface area contributed by atoms with Crippen molar-refractivity contribution >= 4 is 11.6 Å². The molecule has 3 nitrogen and oxygen atoms in total. The van der Waals surface area contributed by atoms with E-state index in [0.717, 1.165) is 23.3 Å². The van der Waals surface area contributed by atoms with E-state index in [1.54, 1.807) is 12.1 Å². The Kier molecular flexibility index (Phi) is 3.61. The highest BCUT2D eigenvalue weighted by Gasteiger charge is 2.20. The van der Waals surface area contributed by atoms with E-state index in [0.29, 0.717) is 12.2 Å². The molecule has 0 saturated heterocycles. The minimum Gasteiger partial charge on any atom is -0.493 e. The normalized spacial score (nSPS) is 14.8. The van der Waals surface area contributed by atoms with Crippen molar-refractivity contribution in [2.75, 3.05) is 6.61 Å². The van der Waals surface area contributed by atoms with Crippen LogP contribution in [0.4, 0.5) is 4.39 Å². The third kappa shape index (κ3) is 2.26. The van der Waals surface area contributed by atoms with Crippen LogP contribution in [0.15, 0.2) is 36.4 Å². The second-order valence-corrected chi connectivity index (χ2v) is 5.12. The number of benzene rings is 2. The summed E-state index contributed by atoms with van der Waals surface area (Å²) in [5, 5.41) is 0.0900. The highest BCUT2D eigenvalue weighted by atomic mass is 35.5. The number of nitrogens with two attached hydrogens (primary N) is 1. The zero-order chi connectivity index (χ0) is 14.1. The summed E-state index contributed by atoms with van der Waals surface area (Å²) in [6.45, 7) is 0.686. The maximum Gasteiger partial charge on any atom is 0.146 e. The maximum absolute atomic E-state index is 14.1. The first-order valence-electron chi connectivity index (χ1n) is 6.36. The van der Waals surface area contributed by atoms with Crippen molar-refractivity contribution in [2.45, 2.75) is 12.5 Å². The summed E-state index contributed by atoms with van der Waals surface area (Å²) in [6.07, 6.45) is 0.860. The zero-order valence-corrected chi connectivity index (χ0v) is 11.5. The lowest BCUT2D eigenvalue weighted by Crippen LogP contribution is -2.29. The Labute approximate surface area is 121 Å². The number of fused-ring (bicyclic) bond motifs is 1. The van der Waals surface area contributed by atoms with Gasteiger partial charge < -0.3 is 4.74 Å². The molecule has 104 valence electrons. The number of halogens is 2. The fourth-order valence-electron chi connectivity index (χ4n) is 2.50. The summed E-state index contributed by atoms with van der Waals surface area (Å²) >= 11 is 5.83. The van der Waals surface area contributed by atoms with Gasteiger partial charge in [0.1, 0.15) is 11.6 Å². The van der Waals surface area contributed by atoms with Gasteiger partial charge in [-0.25, -0.2) is 9.82 Å². The predicted octanol–water partition coefficient (Wildman–Crippen LogP) is 2.97. The smallest absolute Gasteiger partial charge is 0.146 e. The van der Waals surface area contributed by atoms with Crippen LogP contribution in [0, 0.1) is 5.82 Å². The molecule has 20 heavy (non-hydrogen) atoms. The van der Waals surface area contributed by atoms with E-state index in [2.05, 4.69) is 5.43 Å². The Bertz CT molecular complexity index is 648. The molecular weight excluding hydrogens is 279 g/mol. The number of rotatable bonds is 3. The van der Waals surface area contributed by atoms with Crippen LogP contribution >= 0.6 is 11.6 Å². The zero-order valence-electron chi connectivity index (χ0n) is 10.7. The first kappa shape index (κ1) is 13.4. The lowest BCUT2D eigenvalue weighted by Gasteiger charge is -2.18. The fourth-order valence-corrected chi connectivity index (χ4v) is 2.68. The van der Waals surface area contributed by atoms with Crippen molar-refractivity contribution in [3.63, 3.8) is 0 Å². The molecule has 0 amide bonds. The Morgan fingerprint density at radius 3 is 2.95 bits per heavy atom. The van der Waals surface area contributed by atoms with Crippen LogP contribution in [0.2, 0.25) is 5.02 Å². The van der Waals surface area contributed by atoms with Gasteiger partial charge in [-0.05, 0) is 23.3 Å². The van der Waals surface area contributed by atoms with E-state index in [1.807, 2.05) is 18.2 Å². The molecule has 0 spiro atoms. The number of hydrazine groups is 1. The van der Waals surface area contributed by atoms with E-state index >= 15 is 0 Å². The second-order valence-electron chi connectivity index (χ2n) is 4.71. The summed E-state index contributed by atoms with van der Waals surface area (Å²) < 4.78 is 19.6. The Balaban J connectivity index is 2.03. The molecule has 3 N–H and O–H groups in total. The lowest BCUT2D eigenvalue weighted by atomic mass is 9.96. The van der Waals surface area contributed by atoms with Crippen LogP contribution in [0.1, 0.15) is 22.7 Å². The van der Waals surface area contributed by atoms with Crippen molar-refractivity contribution in [3.8, 4) is 5.75 Å². The molecule has 0 radical (unpaired) electrons. The van der Waals surface area contributed by atoms with Gasteiger partial charge in [-0.15, -0.1) is 0 Å². The van der Waals surface area contributed by atoms with E-state index in [1.165, 1.54) is 6.07 Å². The van der Waals surface area contributed by atoms with Gasteiger partial charge in [0, 0.05) is 12.0 Å². The van der Waals surface area contributed by atoms with Crippen LogP contribution in [-0.4, -0.2) is 6.61 Å². The quantitative estimate of drug-likeness (QED) is 0.675. The standard InChI is InChI=1S/C15H14ClFN2O/c16-12-3-1-2-11(14(12)17)15(19-18)10-4-5-13-9(8-10)6-7-20-13/h1-5,8,15,19H,6-7,18H2. The summed E-state index contributed by atoms with van der Waals surface area (Å²) in [5.74, 6) is 6.05. The molecule has 5 heteroatoms. The first-order chi connectivity index (χ1) is 9.70. The van der Waals surface area contributed by atoms with Crippen LogP contribution < -0.4 is 16.0 Å². The monoisotopic (exact) mass is 292 g/mol. The molecule has 0 bridgehead atoms. The van der Waals surface area contributed by atoms with Gasteiger partial charge >= 0.3 is 0 Å². The summed E-state index contributed by atoms with van der Waals surface area (Å²) in [4.78, 5) is 0. The van der Waals surface area contributed by atoms with Gasteiger partial charge in [0.15, 0.2) is 0 Å². The van der Waals surface area contributed by atoms with Crippen molar-refractivity contribution in [1.82, 2.24) is 5.43 Å². The molecule has 3 rings (SSSR count). The average Bonchev–Trinajstić information content (AvgIpc) is 2.92. The maximum atomic E-state index is 14.1. The van der Waals surface area contributed by atoms with Crippen molar-refractivity contribution in [2.24, 2.45) is 5.84 Å². The van der Waals surface area contributed by atoms with Crippen LogP contribution in [-0.2, 0) is 6.42 Å². The highest BCUT2D eigenvalue weighted by molar-refractivity contribution is 6.30. The van der Waals surface area contributed by atoms with Crippen LogP contribution in [0.25, 0.3) is 0 Å². The molecule has 0 aliphatic carbocycles. The topological polar surface area (TPSA) is 47.3 Å². The number of ether oxygens (including phenoxy) is 1. The number of nitrogens with one attached hydrogen (secondary N) is 1. The molecule has 1 aliphatic heterocycles. The number of hydrogen-bond donors (Lipinski definition) is 2. The van der Waals surface area contributed by atoms with Crippen molar-refractivity contribution in [3.05, 3.63) is 63.9 Å². The van der Waals surface area contributed by atoms with E-state index in [-0.39, 0.29) is 5.02 Å². The Hall–Kier alpha value is -1.62. The minimum atomic E-state index is -0.450. The van der Waals surface area contributed by atoms with Gasteiger partial charge in [-0.1, -0.05) is 35.9 Å². The van der Waals surface area contributed by atoms with E-state index in [4.69, 9.17) is 22.2 Å².